The van der Waals surface area contributed by atoms with Crippen LogP contribution >= 0.6 is 0 Å². The second-order valence-corrected chi connectivity index (χ2v) is 7.18. The zero-order valence-corrected chi connectivity index (χ0v) is 14.0. The summed E-state index contributed by atoms with van der Waals surface area (Å²) in [5, 5.41) is 1.53. The van der Waals surface area contributed by atoms with Gasteiger partial charge in [-0.2, -0.15) is 4.31 Å². The highest BCUT2D eigenvalue weighted by Gasteiger charge is 2.30. The van der Waals surface area contributed by atoms with Crippen LogP contribution in [0.5, 0.6) is 0 Å². The minimum Gasteiger partial charge on any atom is -0.438 e. The van der Waals surface area contributed by atoms with Crippen LogP contribution < -0.4 is 5.32 Å². The largest absolute Gasteiger partial charge is 0.438 e. The first-order valence-electron chi connectivity index (χ1n) is 7.43. The minimum atomic E-state index is -3.95. The Morgan fingerprint density at radius 2 is 1.73 bits per heavy atom. The lowest BCUT2D eigenvalue weighted by Gasteiger charge is -2.24. The quantitative estimate of drug-likeness (QED) is 0.807. The average Bonchev–Trinajstić information content (AvgIpc) is 3.14. The number of morpholine rings is 1. The summed E-state index contributed by atoms with van der Waals surface area (Å²) in [6.45, 7) is 0.765. The molecule has 140 valence electrons. The zero-order chi connectivity index (χ0) is 18.9. The Labute approximate surface area is 146 Å². The van der Waals surface area contributed by atoms with Gasteiger partial charge in [-0.3, -0.25) is 4.79 Å². The van der Waals surface area contributed by atoms with Crippen molar-refractivity contribution >= 4 is 21.6 Å². The number of sulfonamides is 1. The van der Waals surface area contributed by atoms with E-state index >= 15 is 0 Å². The maximum absolute atomic E-state index is 13.6. The van der Waals surface area contributed by atoms with Crippen LogP contribution in [0.15, 0.2) is 33.8 Å². The third-order valence-electron chi connectivity index (χ3n) is 3.65. The first kappa shape index (κ1) is 18.4. The summed E-state index contributed by atoms with van der Waals surface area (Å²) in [6, 6.07) is 3.65. The third kappa shape index (κ3) is 3.45. The maximum atomic E-state index is 13.6. The molecule has 0 radical (unpaired) electrons. The van der Waals surface area contributed by atoms with Gasteiger partial charge in [-0.25, -0.2) is 21.6 Å². The fourth-order valence-electron chi connectivity index (χ4n) is 2.30. The van der Waals surface area contributed by atoms with E-state index in [0.717, 1.165) is 22.5 Å². The molecular weight excluding hydrogens is 377 g/mol. The van der Waals surface area contributed by atoms with Gasteiger partial charge in [-0.15, -0.1) is 0 Å². The van der Waals surface area contributed by atoms with Crippen LogP contribution in [0, 0.1) is 17.5 Å². The standard InChI is InChI=1S/C15H13F3N2O5S/c16-9-1-2-10(14(18)13(9)17)19-15(21)11-3-4-12(25-11)26(22,23)20-5-7-24-8-6-20/h1-4H,5-8H2,(H,19,21). The Morgan fingerprint density at radius 3 is 2.42 bits per heavy atom. The van der Waals surface area contributed by atoms with Crippen LogP contribution in [0.1, 0.15) is 10.6 Å². The van der Waals surface area contributed by atoms with Gasteiger partial charge in [0.05, 0.1) is 18.9 Å². The molecule has 0 unspecified atom stereocenters. The Balaban J connectivity index is 1.79. The van der Waals surface area contributed by atoms with Crippen molar-refractivity contribution in [3.05, 3.63) is 47.5 Å². The Hall–Kier alpha value is -2.37. The number of halogens is 3. The van der Waals surface area contributed by atoms with Crippen LogP contribution in [0.4, 0.5) is 18.9 Å². The van der Waals surface area contributed by atoms with E-state index in [1.165, 1.54) is 0 Å². The van der Waals surface area contributed by atoms with Crippen molar-refractivity contribution < 1.29 is 35.5 Å². The lowest BCUT2D eigenvalue weighted by molar-refractivity contribution is 0.0723. The molecule has 7 nitrogen and oxygen atoms in total. The normalized spacial score (nSPS) is 15.8. The summed E-state index contributed by atoms with van der Waals surface area (Å²) < 4.78 is 75.8. The van der Waals surface area contributed by atoms with Gasteiger partial charge in [-0.1, -0.05) is 0 Å². The number of carbonyl (C=O) groups excluding carboxylic acids is 1. The van der Waals surface area contributed by atoms with Gasteiger partial charge in [0.1, 0.15) is 0 Å². The monoisotopic (exact) mass is 390 g/mol. The molecule has 0 spiro atoms. The van der Waals surface area contributed by atoms with Crippen LogP contribution in [0.25, 0.3) is 0 Å². The van der Waals surface area contributed by atoms with Gasteiger partial charge in [0, 0.05) is 13.1 Å². The van der Waals surface area contributed by atoms with E-state index in [2.05, 4.69) is 0 Å². The number of benzene rings is 1. The lowest BCUT2D eigenvalue weighted by Crippen LogP contribution is -2.40. The number of ether oxygens (including phenoxy) is 1. The molecule has 1 fully saturated rings. The molecule has 0 atom stereocenters. The van der Waals surface area contributed by atoms with Crippen molar-refractivity contribution in [2.45, 2.75) is 5.09 Å². The van der Waals surface area contributed by atoms with E-state index in [1.54, 1.807) is 0 Å². The molecule has 2 aromatic rings. The van der Waals surface area contributed by atoms with Crippen molar-refractivity contribution in [1.82, 2.24) is 4.31 Å². The molecule has 26 heavy (non-hydrogen) atoms. The fourth-order valence-corrected chi connectivity index (χ4v) is 3.62. The van der Waals surface area contributed by atoms with Crippen molar-refractivity contribution in [2.24, 2.45) is 0 Å². The van der Waals surface area contributed by atoms with Crippen LogP contribution in [-0.2, 0) is 14.8 Å². The molecule has 0 aliphatic carbocycles. The molecule has 1 N–H and O–H groups in total. The van der Waals surface area contributed by atoms with Crippen LogP contribution in [-0.4, -0.2) is 44.9 Å². The molecule has 1 aromatic carbocycles. The second kappa shape index (κ2) is 7.09. The number of anilines is 1. The lowest BCUT2D eigenvalue weighted by atomic mass is 10.2. The summed E-state index contributed by atoms with van der Waals surface area (Å²) in [7, 11) is -3.95. The minimum absolute atomic E-state index is 0.143. The number of amides is 1. The number of hydrogen-bond donors (Lipinski definition) is 1. The van der Waals surface area contributed by atoms with E-state index in [9.17, 15) is 26.4 Å². The number of carbonyl (C=O) groups is 1. The van der Waals surface area contributed by atoms with E-state index in [4.69, 9.17) is 9.15 Å². The molecule has 2 heterocycles. The predicted molar refractivity (Wildman–Crippen MR) is 82.6 cm³/mol. The molecule has 0 saturated carbocycles. The summed E-state index contributed by atoms with van der Waals surface area (Å²) in [6.07, 6.45) is 0. The van der Waals surface area contributed by atoms with Gasteiger partial charge in [0.15, 0.2) is 23.2 Å². The molecule has 0 bridgehead atoms. The summed E-state index contributed by atoms with van der Waals surface area (Å²) in [5.41, 5.74) is -0.608. The van der Waals surface area contributed by atoms with E-state index in [1.807, 2.05) is 5.32 Å². The first-order chi connectivity index (χ1) is 12.3. The number of nitrogens with one attached hydrogen (secondary N) is 1. The highest BCUT2D eigenvalue weighted by molar-refractivity contribution is 7.89. The summed E-state index contributed by atoms with van der Waals surface area (Å²) in [4.78, 5) is 12.1. The number of rotatable bonds is 4. The SMILES string of the molecule is O=C(Nc1ccc(F)c(F)c1F)c1ccc(S(=O)(=O)N2CCOCC2)o1. The van der Waals surface area contributed by atoms with Gasteiger partial charge < -0.3 is 14.5 Å². The molecule has 1 aromatic heterocycles. The topological polar surface area (TPSA) is 88.9 Å². The molecule has 1 saturated heterocycles. The van der Waals surface area contributed by atoms with Crippen molar-refractivity contribution in [3.63, 3.8) is 0 Å². The highest BCUT2D eigenvalue weighted by atomic mass is 32.2. The molecular formula is C15H13F3N2O5S. The molecule has 3 rings (SSSR count). The summed E-state index contributed by atoms with van der Waals surface area (Å²) in [5.74, 6) is -6.17. The van der Waals surface area contributed by atoms with Crippen LogP contribution in [0.3, 0.4) is 0 Å². The molecule has 1 amide bonds. The van der Waals surface area contributed by atoms with Gasteiger partial charge in [0.25, 0.3) is 15.9 Å². The van der Waals surface area contributed by atoms with E-state index < -0.39 is 49.9 Å². The maximum Gasteiger partial charge on any atom is 0.291 e. The van der Waals surface area contributed by atoms with Gasteiger partial charge >= 0.3 is 0 Å². The van der Waals surface area contributed by atoms with Gasteiger partial charge in [-0.05, 0) is 24.3 Å². The van der Waals surface area contributed by atoms with E-state index in [-0.39, 0.29) is 26.3 Å². The number of furan rings is 1. The Bertz CT molecular complexity index is 939. The summed E-state index contributed by atoms with van der Waals surface area (Å²) >= 11 is 0. The van der Waals surface area contributed by atoms with Crippen molar-refractivity contribution in [1.29, 1.82) is 0 Å². The molecule has 11 heteroatoms. The van der Waals surface area contributed by atoms with E-state index in [0.29, 0.717) is 6.07 Å². The zero-order valence-electron chi connectivity index (χ0n) is 13.2. The Morgan fingerprint density at radius 1 is 1.04 bits per heavy atom. The third-order valence-corrected chi connectivity index (χ3v) is 5.43. The predicted octanol–water partition coefficient (Wildman–Crippen LogP) is 1.97. The smallest absolute Gasteiger partial charge is 0.291 e. The average molecular weight is 390 g/mol. The van der Waals surface area contributed by atoms with Gasteiger partial charge in [0.2, 0.25) is 5.09 Å². The highest BCUT2D eigenvalue weighted by Crippen LogP contribution is 2.23. The second-order valence-electron chi connectivity index (χ2n) is 5.31. The fraction of sp³-hybridized carbons (Fsp3) is 0.267. The van der Waals surface area contributed by atoms with Crippen LogP contribution in [0.2, 0.25) is 0 Å². The Kier molecular flexibility index (Phi) is 5.03. The molecule has 1 aliphatic heterocycles. The van der Waals surface area contributed by atoms with Crippen molar-refractivity contribution in [2.75, 3.05) is 31.6 Å². The number of hydrogen-bond acceptors (Lipinski definition) is 5. The molecule has 1 aliphatic rings. The first-order valence-corrected chi connectivity index (χ1v) is 8.87. The van der Waals surface area contributed by atoms with Crippen molar-refractivity contribution in [3.8, 4) is 0 Å². The number of nitrogens with zero attached hydrogens (tertiary/aromatic N) is 1.